The number of ether oxygens (including phenoxy) is 1. The lowest BCUT2D eigenvalue weighted by molar-refractivity contribution is -0.133. The monoisotopic (exact) mass is 361 g/mol. The van der Waals surface area contributed by atoms with Crippen LogP contribution < -0.4 is 5.73 Å². The maximum absolute atomic E-state index is 11.9. The number of nitrogens with zero attached hydrogens (tertiary/aromatic N) is 4. The summed E-state index contributed by atoms with van der Waals surface area (Å²) in [5.41, 5.74) is 8.70. The van der Waals surface area contributed by atoms with Crippen molar-refractivity contribution in [2.24, 2.45) is 5.92 Å². The molecule has 7 heteroatoms. The minimum atomic E-state index is 0.0104. The van der Waals surface area contributed by atoms with Crippen molar-refractivity contribution in [3.63, 3.8) is 0 Å². The molecule has 2 aromatic rings. The van der Waals surface area contributed by atoms with Crippen molar-refractivity contribution < 1.29 is 9.53 Å². The predicted molar refractivity (Wildman–Crippen MR) is 104 cm³/mol. The van der Waals surface area contributed by atoms with E-state index in [2.05, 4.69) is 21.5 Å². The number of likely N-dealkylation sites (N-methyl/N-ethyl adjacent to an activating group) is 1. The fourth-order valence-electron chi connectivity index (χ4n) is 3.00. The number of aromatic nitrogens is 3. The molecule has 2 rings (SSSR count). The van der Waals surface area contributed by atoms with Crippen molar-refractivity contribution in [1.29, 1.82) is 0 Å². The molecule has 0 aromatic carbocycles. The maximum Gasteiger partial charge on any atom is 0.224 e. The van der Waals surface area contributed by atoms with Gasteiger partial charge in [0.1, 0.15) is 11.3 Å². The van der Waals surface area contributed by atoms with Gasteiger partial charge in [-0.05, 0) is 19.4 Å². The Morgan fingerprint density at radius 3 is 2.73 bits per heavy atom. The highest BCUT2D eigenvalue weighted by atomic mass is 16.5. The zero-order valence-electron chi connectivity index (χ0n) is 16.6. The van der Waals surface area contributed by atoms with Gasteiger partial charge < -0.3 is 19.9 Å². The summed E-state index contributed by atoms with van der Waals surface area (Å²) in [7, 11) is 1.81. The molecular formula is C19H31N5O2. The van der Waals surface area contributed by atoms with Crippen LogP contribution in [0.3, 0.4) is 0 Å². The standard InChI is InChI=1S/C19H31N5O2/c1-6-7-16-22-17-15(12-14(4)21-18(17)20)24(16)9-11-26-10-8-23(5)19(25)13(2)3/h12-13H,6-11H2,1-5H3,(H2,20,21). The summed E-state index contributed by atoms with van der Waals surface area (Å²) in [4.78, 5) is 22.6. The Hall–Kier alpha value is -2.15. The first kappa shape index (κ1) is 20.2. The molecule has 0 saturated carbocycles. The number of hydrogen-bond acceptors (Lipinski definition) is 5. The maximum atomic E-state index is 11.9. The van der Waals surface area contributed by atoms with Crippen LogP contribution in [0.25, 0.3) is 11.0 Å². The number of carbonyl (C=O) groups excluding carboxylic acids is 1. The third-order valence-corrected chi connectivity index (χ3v) is 4.34. The molecule has 0 spiro atoms. The molecule has 7 nitrogen and oxygen atoms in total. The lowest BCUT2D eigenvalue weighted by atomic mass is 10.2. The molecule has 2 N–H and O–H groups in total. The molecule has 0 radical (unpaired) electrons. The average Bonchev–Trinajstić information content (AvgIpc) is 2.92. The Morgan fingerprint density at radius 1 is 1.35 bits per heavy atom. The number of amides is 1. The molecule has 0 saturated heterocycles. The third kappa shape index (κ3) is 4.72. The van der Waals surface area contributed by atoms with Gasteiger partial charge >= 0.3 is 0 Å². The molecule has 0 fully saturated rings. The zero-order chi connectivity index (χ0) is 19.3. The van der Waals surface area contributed by atoms with Gasteiger partial charge in [-0.15, -0.1) is 0 Å². The summed E-state index contributed by atoms with van der Waals surface area (Å²) in [6, 6.07) is 2.02. The van der Waals surface area contributed by atoms with Crippen molar-refractivity contribution in [3.8, 4) is 0 Å². The molecule has 2 heterocycles. The number of rotatable bonds is 9. The number of nitrogen functional groups attached to an aromatic ring is 1. The summed E-state index contributed by atoms with van der Waals surface area (Å²) >= 11 is 0. The van der Waals surface area contributed by atoms with E-state index < -0.39 is 0 Å². The highest BCUT2D eigenvalue weighted by Gasteiger charge is 2.14. The fraction of sp³-hybridized carbons (Fsp3) is 0.632. The molecule has 144 valence electrons. The van der Waals surface area contributed by atoms with Gasteiger partial charge in [0, 0.05) is 38.2 Å². The van der Waals surface area contributed by atoms with Crippen LogP contribution in [0, 0.1) is 12.8 Å². The number of nitrogens with two attached hydrogens (primary N) is 1. The smallest absolute Gasteiger partial charge is 0.224 e. The molecule has 1 amide bonds. The summed E-state index contributed by atoms with van der Waals surface area (Å²) in [6.45, 7) is 10.3. The number of hydrogen-bond donors (Lipinski definition) is 1. The Bertz CT molecular complexity index is 754. The van der Waals surface area contributed by atoms with Gasteiger partial charge in [-0.3, -0.25) is 4.79 Å². The molecule has 0 bridgehead atoms. The molecule has 0 aliphatic rings. The second-order valence-electron chi connectivity index (χ2n) is 6.97. The summed E-state index contributed by atoms with van der Waals surface area (Å²) in [5, 5.41) is 0. The van der Waals surface area contributed by atoms with Crippen molar-refractivity contribution >= 4 is 22.8 Å². The molecular weight excluding hydrogens is 330 g/mol. The van der Waals surface area contributed by atoms with E-state index in [1.807, 2.05) is 33.9 Å². The quantitative estimate of drug-likeness (QED) is 0.693. The number of imidazole rings is 1. The van der Waals surface area contributed by atoms with Gasteiger partial charge in [0.2, 0.25) is 5.91 Å². The van der Waals surface area contributed by atoms with E-state index in [9.17, 15) is 4.79 Å². The van der Waals surface area contributed by atoms with Crippen molar-refractivity contribution in [2.75, 3.05) is 32.5 Å². The Balaban J connectivity index is 1.99. The highest BCUT2D eigenvalue weighted by Crippen LogP contribution is 2.22. The molecule has 0 aliphatic carbocycles. The molecule has 0 unspecified atom stereocenters. The average molecular weight is 361 g/mol. The molecule has 0 aliphatic heterocycles. The van der Waals surface area contributed by atoms with E-state index in [0.717, 1.165) is 35.4 Å². The van der Waals surface area contributed by atoms with Crippen molar-refractivity contribution in [2.45, 2.75) is 47.1 Å². The summed E-state index contributed by atoms with van der Waals surface area (Å²) < 4.78 is 7.93. The summed E-state index contributed by atoms with van der Waals surface area (Å²) in [5.74, 6) is 1.64. The minimum absolute atomic E-state index is 0.0104. The number of aryl methyl sites for hydroxylation is 2. The fourth-order valence-corrected chi connectivity index (χ4v) is 3.00. The van der Waals surface area contributed by atoms with Crippen LogP contribution in [0.1, 0.15) is 38.7 Å². The van der Waals surface area contributed by atoms with Crippen LogP contribution >= 0.6 is 0 Å². The first-order valence-corrected chi connectivity index (χ1v) is 9.30. The molecule has 26 heavy (non-hydrogen) atoms. The molecule has 0 atom stereocenters. The van der Waals surface area contributed by atoms with Crippen LogP contribution in [0.5, 0.6) is 0 Å². The van der Waals surface area contributed by atoms with Gasteiger partial charge in [-0.25, -0.2) is 9.97 Å². The predicted octanol–water partition coefficient (Wildman–Crippen LogP) is 2.41. The summed E-state index contributed by atoms with van der Waals surface area (Å²) in [6.07, 6.45) is 1.90. The Kier molecular flexibility index (Phi) is 6.97. The van der Waals surface area contributed by atoms with Gasteiger partial charge in [0.25, 0.3) is 0 Å². The lowest BCUT2D eigenvalue weighted by Gasteiger charge is -2.19. The van der Waals surface area contributed by atoms with E-state index >= 15 is 0 Å². The topological polar surface area (TPSA) is 86.3 Å². The second kappa shape index (κ2) is 8.98. The second-order valence-corrected chi connectivity index (χ2v) is 6.97. The van der Waals surface area contributed by atoms with E-state index in [-0.39, 0.29) is 11.8 Å². The van der Waals surface area contributed by atoms with Gasteiger partial charge in [-0.2, -0.15) is 0 Å². The number of anilines is 1. The normalized spacial score (nSPS) is 11.5. The largest absolute Gasteiger partial charge is 0.382 e. The van der Waals surface area contributed by atoms with Crippen LogP contribution in [-0.2, 0) is 22.5 Å². The van der Waals surface area contributed by atoms with E-state index in [0.29, 0.717) is 32.1 Å². The SMILES string of the molecule is CCCc1nc2c(N)nc(C)cc2n1CCOCCN(C)C(=O)C(C)C. The van der Waals surface area contributed by atoms with Crippen LogP contribution in [0.4, 0.5) is 5.82 Å². The number of carbonyl (C=O) groups is 1. The first-order chi connectivity index (χ1) is 12.3. The van der Waals surface area contributed by atoms with Crippen LogP contribution in [0.15, 0.2) is 6.07 Å². The Labute approximate surface area is 155 Å². The Morgan fingerprint density at radius 2 is 2.08 bits per heavy atom. The van der Waals surface area contributed by atoms with Crippen molar-refractivity contribution in [3.05, 3.63) is 17.6 Å². The van der Waals surface area contributed by atoms with Gasteiger partial charge in [-0.1, -0.05) is 20.8 Å². The molecule has 2 aromatic heterocycles. The van der Waals surface area contributed by atoms with Gasteiger partial charge in [0.15, 0.2) is 5.82 Å². The van der Waals surface area contributed by atoms with Gasteiger partial charge in [0.05, 0.1) is 18.7 Å². The van der Waals surface area contributed by atoms with E-state index in [1.165, 1.54) is 0 Å². The van der Waals surface area contributed by atoms with Crippen LogP contribution in [-0.4, -0.2) is 52.1 Å². The van der Waals surface area contributed by atoms with Crippen molar-refractivity contribution in [1.82, 2.24) is 19.4 Å². The zero-order valence-corrected chi connectivity index (χ0v) is 16.6. The van der Waals surface area contributed by atoms with E-state index in [1.54, 1.807) is 4.90 Å². The van der Waals surface area contributed by atoms with Crippen LogP contribution in [0.2, 0.25) is 0 Å². The van der Waals surface area contributed by atoms with E-state index in [4.69, 9.17) is 10.5 Å². The number of pyridine rings is 1. The first-order valence-electron chi connectivity index (χ1n) is 9.30. The lowest BCUT2D eigenvalue weighted by Crippen LogP contribution is -2.33. The minimum Gasteiger partial charge on any atom is -0.382 e. The highest BCUT2D eigenvalue weighted by molar-refractivity contribution is 5.85. The number of fused-ring (bicyclic) bond motifs is 1. The third-order valence-electron chi connectivity index (χ3n) is 4.34.